The van der Waals surface area contributed by atoms with E-state index < -0.39 is 0 Å². The zero-order valence-electron chi connectivity index (χ0n) is 14.0. The summed E-state index contributed by atoms with van der Waals surface area (Å²) in [6.07, 6.45) is 2.80. The number of ether oxygens (including phenoxy) is 2. The SMILES string of the molecule is O=C(N[C@@H]1CCOC[C@H]1OCc1ccccc1)c1cc(C2CC2)no1. The largest absolute Gasteiger partial charge is 0.379 e. The second-order valence-corrected chi connectivity index (χ2v) is 6.67. The van der Waals surface area contributed by atoms with E-state index >= 15 is 0 Å². The Labute approximate surface area is 146 Å². The first kappa shape index (κ1) is 16.3. The lowest BCUT2D eigenvalue weighted by Gasteiger charge is -2.31. The molecular formula is C19H22N2O4. The fourth-order valence-electron chi connectivity index (χ4n) is 3.03. The second-order valence-electron chi connectivity index (χ2n) is 6.67. The minimum atomic E-state index is -0.236. The Balaban J connectivity index is 1.35. The number of carbonyl (C=O) groups is 1. The Hall–Kier alpha value is -2.18. The van der Waals surface area contributed by atoms with E-state index in [2.05, 4.69) is 10.5 Å². The van der Waals surface area contributed by atoms with Gasteiger partial charge >= 0.3 is 0 Å². The number of nitrogens with zero attached hydrogens (tertiary/aromatic N) is 1. The highest BCUT2D eigenvalue weighted by molar-refractivity contribution is 5.91. The van der Waals surface area contributed by atoms with Gasteiger partial charge in [0.25, 0.3) is 5.91 Å². The number of aromatic nitrogens is 1. The van der Waals surface area contributed by atoms with Crippen LogP contribution in [0.4, 0.5) is 0 Å². The summed E-state index contributed by atoms with van der Waals surface area (Å²) in [5.41, 5.74) is 1.98. The summed E-state index contributed by atoms with van der Waals surface area (Å²) >= 11 is 0. The van der Waals surface area contributed by atoms with Gasteiger partial charge in [0.15, 0.2) is 0 Å². The Bertz CT molecular complexity index is 711. The fraction of sp³-hybridized carbons (Fsp3) is 0.474. The molecular weight excluding hydrogens is 320 g/mol. The van der Waals surface area contributed by atoms with Crippen LogP contribution >= 0.6 is 0 Å². The summed E-state index contributed by atoms with van der Waals surface area (Å²) < 4.78 is 16.7. The molecule has 2 atom stereocenters. The van der Waals surface area contributed by atoms with Gasteiger partial charge < -0.3 is 19.3 Å². The van der Waals surface area contributed by atoms with Crippen LogP contribution in [0.5, 0.6) is 0 Å². The summed E-state index contributed by atoms with van der Waals surface area (Å²) in [4.78, 5) is 12.4. The number of benzene rings is 1. The first-order chi connectivity index (χ1) is 12.3. The lowest BCUT2D eigenvalue weighted by atomic mass is 10.1. The van der Waals surface area contributed by atoms with Crippen molar-refractivity contribution in [2.75, 3.05) is 13.2 Å². The van der Waals surface area contributed by atoms with Crippen LogP contribution in [0.15, 0.2) is 40.9 Å². The minimum absolute atomic E-state index is 0.0977. The maximum absolute atomic E-state index is 12.4. The first-order valence-electron chi connectivity index (χ1n) is 8.80. The van der Waals surface area contributed by atoms with Crippen molar-refractivity contribution < 1.29 is 18.8 Å². The monoisotopic (exact) mass is 342 g/mol. The van der Waals surface area contributed by atoms with Crippen LogP contribution in [0.3, 0.4) is 0 Å². The van der Waals surface area contributed by atoms with Crippen LogP contribution in [-0.4, -0.2) is 36.4 Å². The van der Waals surface area contributed by atoms with Gasteiger partial charge in [-0.15, -0.1) is 0 Å². The number of hydrogen-bond donors (Lipinski definition) is 1. The van der Waals surface area contributed by atoms with E-state index in [4.69, 9.17) is 14.0 Å². The van der Waals surface area contributed by atoms with Crippen LogP contribution in [0.1, 0.15) is 47.0 Å². The quantitative estimate of drug-likeness (QED) is 0.874. The highest BCUT2D eigenvalue weighted by atomic mass is 16.5. The van der Waals surface area contributed by atoms with E-state index in [9.17, 15) is 4.79 Å². The molecule has 0 unspecified atom stereocenters. The molecule has 6 heteroatoms. The Morgan fingerprint density at radius 2 is 2.08 bits per heavy atom. The molecule has 2 heterocycles. The van der Waals surface area contributed by atoms with Crippen LogP contribution < -0.4 is 5.32 Å². The Morgan fingerprint density at radius 3 is 2.88 bits per heavy atom. The molecule has 1 aromatic heterocycles. The molecule has 6 nitrogen and oxygen atoms in total. The zero-order chi connectivity index (χ0) is 17.1. The van der Waals surface area contributed by atoms with Crippen molar-refractivity contribution in [2.45, 2.75) is 43.9 Å². The molecule has 4 rings (SSSR count). The van der Waals surface area contributed by atoms with Crippen LogP contribution in [-0.2, 0) is 16.1 Å². The van der Waals surface area contributed by atoms with Gasteiger partial charge in [-0.2, -0.15) is 0 Å². The van der Waals surface area contributed by atoms with Crippen LogP contribution in [0.25, 0.3) is 0 Å². The molecule has 2 aliphatic rings. The molecule has 2 fully saturated rings. The zero-order valence-corrected chi connectivity index (χ0v) is 14.0. The molecule has 132 valence electrons. The van der Waals surface area contributed by atoms with Gasteiger partial charge in [0.1, 0.15) is 6.10 Å². The third kappa shape index (κ3) is 4.08. The molecule has 1 saturated heterocycles. The molecule has 1 aliphatic heterocycles. The van der Waals surface area contributed by atoms with E-state index in [-0.39, 0.29) is 23.8 Å². The van der Waals surface area contributed by atoms with Crippen molar-refractivity contribution >= 4 is 5.91 Å². The number of hydrogen-bond acceptors (Lipinski definition) is 5. The van der Waals surface area contributed by atoms with E-state index in [1.807, 2.05) is 30.3 Å². The molecule has 2 aromatic rings. The number of carbonyl (C=O) groups excluding carboxylic acids is 1. The molecule has 1 saturated carbocycles. The highest BCUT2D eigenvalue weighted by Crippen LogP contribution is 2.39. The molecule has 1 amide bonds. The highest BCUT2D eigenvalue weighted by Gasteiger charge is 2.31. The number of nitrogens with one attached hydrogen (secondary N) is 1. The number of amides is 1. The number of rotatable bonds is 6. The maximum atomic E-state index is 12.4. The molecule has 0 radical (unpaired) electrons. The second kappa shape index (κ2) is 7.37. The summed E-state index contributed by atoms with van der Waals surface area (Å²) in [5.74, 6) is 0.505. The van der Waals surface area contributed by atoms with Gasteiger partial charge in [0.2, 0.25) is 5.76 Å². The molecule has 25 heavy (non-hydrogen) atoms. The third-order valence-corrected chi connectivity index (χ3v) is 4.68. The van der Waals surface area contributed by atoms with Crippen molar-refractivity contribution in [1.29, 1.82) is 0 Å². The third-order valence-electron chi connectivity index (χ3n) is 4.68. The Morgan fingerprint density at radius 1 is 1.24 bits per heavy atom. The molecule has 1 aliphatic carbocycles. The van der Waals surface area contributed by atoms with Gasteiger partial charge in [-0.05, 0) is 24.8 Å². The van der Waals surface area contributed by atoms with Crippen molar-refractivity contribution in [3.05, 3.63) is 53.4 Å². The first-order valence-corrected chi connectivity index (χ1v) is 8.80. The van der Waals surface area contributed by atoms with Gasteiger partial charge in [0, 0.05) is 18.6 Å². The molecule has 0 spiro atoms. The predicted molar refractivity (Wildman–Crippen MR) is 90.2 cm³/mol. The van der Waals surface area contributed by atoms with Gasteiger partial charge in [-0.25, -0.2) is 0 Å². The van der Waals surface area contributed by atoms with Crippen molar-refractivity contribution in [3.8, 4) is 0 Å². The summed E-state index contributed by atoms with van der Waals surface area (Å²) in [6, 6.07) is 11.6. The van der Waals surface area contributed by atoms with Crippen LogP contribution in [0.2, 0.25) is 0 Å². The van der Waals surface area contributed by atoms with E-state index in [1.54, 1.807) is 6.07 Å². The average Bonchev–Trinajstić information content (AvgIpc) is 3.38. The minimum Gasteiger partial charge on any atom is -0.379 e. The van der Waals surface area contributed by atoms with Crippen molar-refractivity contribution in [2.24, 2.45) is 0 Å². The summed E-state index contributed by atoms with van der Waals surface area (Å²) in [6.45, 7) is 1.58. The normalized spacial score (nSPS) is 23.4. The smallest absolute Gasteiger partial charge is 0.290 e. The summed E-state index contributed by atoms with van der Waals surface area (Å²) in [7, 11) is 0. The van der Waals surface area contributed by atoms with Gasteiger partial charge in [-0.3, -0.25) is 4.79 Å². The van der Waals surface area contributed by atoms with Crippen LogP contribution in [0, 0.1) is 0 Å². The fourth-order valence-corrected chi connectivity index (χ4v) is 3.03. The summed E-state index contributed by atoms with van der Waals surface area (Å²) in [5, 5.41) is 7.01. The average molecular weight is 342 g/mol. The van der Waals surface area contributed by atoms with E-state index in [0.29, 0.717) is 25.7 Å². The predicted octanol–water partition coefficient (Wildman–Crippen LogP) is 2.66. The maximum Gasteiger partial charge on any atom is 0.290 e. The van der Waals surface area contributed by atoms with Gasteiger partial charge in [0.05, 0.1) is 24.9 Å². The van der Waals surface area contributed by atoms with Crippen molar-refractivity contribution in [3.63, 3.8) is 0 Å². The standard InChI is InChI=1S/C19H22N2O4/c22-19(17-10-16(21-25-17)14-6-7-14)20-15-8-9-23-12-18(15)24-11-13-4-2-1-3-5-13/h1-5,10,14-15,18H,6-9,11-12H2,(H,20,22)/t15-,18-/m1/s1. The van der Waals surface area contributed by atoms with Gasteiger partial charge in [-0.1, -0.05) is 35.5 Å². The Kier molecular flexibility index (Phi) is 4.81. The molecule has 0 bridgehead atoms. The van der Waals surface area contributed by atoms with E-state index in [1.165, 1.54) is 0 Å². The van der Waals surface area contributed by atoms with E-state index in [0.717, 1.165) is 30.5 Å². The topological polar surface area (TPSA) is 73.6 Å². The lowest BCUT2D eigenvalue weighted by molar-refractivity contribution is -0.0737. The molecule has 1 aromatic carbocycles. The lowest BCUT2D eigenvalue weighted by Crippen LogP contribution is -2.49. The van der Waals surface area contributed by atoms with Crippen molar-refractivity contribution in [1.82, 2.24) is 10.5 Å². The molecule has 1 N–H and O–H groups in total.